The Hall–Kier alpha value is -1.79. The number of hydrogen-bond acceptors (Lipinski definition) is 5. The molecular formula is C20H31N3O3. The van der Waals surface area contributed by atoms with E-state index in [2.05, 4.69) is 17.0 Å². The van der Waals surface area contributed by atoms with Gasteiger partial charge in [0.2, 0.25) is 0 Å². The van der Waals surface area contributed by atoms with E-state index in [-0.39, 0.29) is 11.6 Å². The van der Waals surface area contributed by atoms with E-state index >= 15 is 0 Å². The van der Waals surface area contributed by atoms with Gasteiger partial charge in [0.25, 0.3) is 0 Å². The number of amides is 1. The number of hydrogen-bond donors (Lipinski definition) is 1. The standard InChI is InChI=1S/C20H31N3O3/c1-19(2,3)26-18(24)23-10-9-22(14-20(23)7-8-20)13-15-5-6-16(12-21)17(11-15)25-4/h5-6,11H,7-10,12-14,21H2,1-4H3. The first kappa shape index (κ1) is 19.0. The first-order chi connectivity index (χ1) is 12.3. The maximum absolute atomic E-state index is 12.5. The molecule has 2 aliphatic rings. The largest absolute Gasteiger partial charge is 0.496 e. The molecule has 3 rings (SSSR count). The molecule has 6 nitrogen and oxygen atoms in total. The van der Waals surface area contributed by atoms with Crippen molar-refractivity contribution in [3.8, 4) is 5.75 Å². The topological polar surface area (TPSA) is 68.0 Å². The molecule has 1 saturated carbocycles. The minimum Gasteiger partial charge on any atom is -0.496 e. The normalized spacial score (nSPS) is 19.5. The van der Waals surface area contributed by atoms with E-state index in [0.29, 0.717) is 13.1 Å². The van der Waals surface area contributed by atoms with Crippen molar-refractivity contribution in [1.82, 2.24) is 9.80 Å². The molecule has 1 aromatic rings. The van der Waals surface area contributed by atoms with Crippen LogP contribution in [-0.4, -0.2) is 53.8 Å². The van der Waals surface area contributed by atoms with Crippen molar-refractivity contribution < 1.29 is 14.3 Å². The Balaban J connectivity index is 1.65. The van der Waals surface area contributed by atoms with Crippen LogP contribution in [0.1, 0.15) is 44.7 Å². The van der Waals surface area contributed by atoms with Gasteiger partial charge in [-0.3, -0.25) is 9.80 Å². The van der Waals surface area contributed by atoms with Crippen molar-refractivity contribution in [2.24, 2.45) is 5.73 Å². The monoisotopic (exact) mass is 361 g/mol. The van der Waals surface area contributed by atoms with E-state index in [0.717, 1.165) is 43.8 Å². The first-order valence-corrected chi connectivity index (χ1v) is 9.35. The van der Waals surface area contributed by atoms with Gasteiger partial charge in [0.1, 0.15) is 11.4 Å². The van der Waals surface area contributed by atoms with Gasteiger partial charge >= 0.3 is 6.09 Å². The maximum Gasteiger partial charge on any atom is 0.410 e. The number of nitrogens with two attached hydrogens (primary N) is 1. The predicted molar refractivity (Wildman–Crippen MR) is 101 cm³/mol. The summed E-state index contributed by atoms with van der Waals surface area (Å²) < 4.78 is 11.0. The minimum absolute atomic E-state index is 0.0398. The Morgan fingerprint density at radius 2 is 2.00 bits per heavy atom. The second kappa shape index (κ2) is 7.08. The highest BCUT2D eigenvalue weighted by molar-refractivity contribution is 5.70. The Morgan fingerprint density at radius 3 is 2.58 bits per heavy atom. The fourth-order valence-electron chi connectivity index (χ4n) is 3.68. The molecule has 144 valence electrons. The lowest BCUT2D eigenvalue weighted by atomic mass is 10.1. The summed E-state index contributed by atoms with van der Waals surface area (Å²) >= 11 is 0. The van der Waals surface area contributed by atoms with Crippen LogP contribution in [0.25, 0.3) is 0 Å². The number of rotatable bonds is 4. The molecule has 0 aromatic heterocycles. The maximum atomic E-state index is 12.5. The number of methoxy groups -OCH3 is 1. The zero-order valence-corrected chi connectivity index (χ0v) is 16.4. The fraction of sp³-hybridized carbons (Fsp3) is 0.650. The second-order valence-corrected chi connectivity index (χ2v) is 8.42. The van der Waals surface area contributed by atoms with Crippen molar-refractivity contribution in [2.45, 2.75) is 57.8 Å². The minimum atomic E-state index is -0.453. The van der Waals surface area contributed by atoms with Crippen LogP contribution in [0.4, 0.5) is 4.79 Å². The van der Waals surface area contributed by atoms with Crippen LogP contribution in [0, 0.1) is 0 Å². The summed E-state index contributed by atoms with van der Waals surface area (Å²) in [6, 6.07) is 6.23. The molecule has 6 heteroatoms. The highest BCUT2D eigenvalue weighted by Gasteiger charge is 2.54. The summed E-state index contributed by atoms with van der Waals surface area (Å²) in [5.74, 6) is 0.846. The lowest BCUT2D eigenvalue weighted by Crippen LogP contribution is -2.57. The van der Waals surface area contributed by atoms with E-state index in [4.69, 9.17) is 15.2 Å². The highest BCUT2D eigenvalue weighted by atomic mass is 16.6. The molecule has 0 bridgehead atoms. The zero-order chi connectivity index (χ0) is 18.9. The number of benzene rings is 1. The number of piperazine rings is 1. The number of ether oxygens (including phenoxy) is 2. The van der Waals surface area contributed by atoms with Crippen molar-refractivity contribution in [2.75, 3.05) is 26.7 Å². The molecule has 1 amide bonds. The molecule has 1 aromatic carbocycles. The molecule has 1 aliphatic heterocycles. The Morgan fingerprint density at radius 1 is 1.27 bits per heavy atom. The van der Waals surface area contributed by atoms with Crippen LogP contribution >= 0.6 is 0 Å². The van der Waals surface area contributed by atoms with Gasteiger partial charge in [-0.15, -0.1) is 0 Å². The van der Waals surface area contributed by atoms with Crippen molar-refractivity contribution >= 4 is 6.09 Å². The van der Waals surface area contributed by atoms with Gasteiger partial charge in [-0.2, -0.15) is 0 Å². The van der Waals surface area contributed by atoms with Crippen LogP contribution in [0.2, 0.25) is 0 Å². The molecule has 0 atom stereocenters. The summed E-state index contributed by atoms with van der Waals surface area (Å²) in [5.41, 5.74) is 7.49. The molecular weight excluding hydrogens is 330 g/mol. The second-order valence-electron chi connectivity index (χ2n) is 8.42. The van der Waals surface area contributed by atoms with Gasteiger partial charge in [-0.25, -0.2) is 4.79 Å². The number of nitrogens with zero attached hydrogens (tertiary/aromatic N) is 2. The van der Waals surface area contributed by atoms with Crippen molar-refractivity contribution in [1.29, 1.82) is 0 Å². The van der Waals surface area contributed by atoms with Gasteiger partial charge in [0.05, 0.1) is 12.6 Å². The third kappa shape index (κ3) is 4.13. The molecule has 2 fully saturated rings. The molecule has 1 heterocycles. The van der Waals surface area contributed by atoms with E-state index in [1.807, 2.05) is 31.7 Å². The summed E-state index contributed by atoms with van der Waals surface area (Å²) in [5, 5.41) is 0. The van der Waals surface area contributed by atoms with Gasteiger partial charge in [-0.1, -0.05) is 12.1 Å². The van der Waals surface area contributed by atoms with E-state index in [9.17, 15) is 4.79 Å². The van der Waals surface area contributed by atoms with Crippen molar-refractivity contribution in [3.63, 3.8) is 0 Å². The van der Waals surface area contributed by atoms with Crippen LogP contribution < -0.4 is 10.5 Å². The Bertz CT molecular complexity index is 665. The third-order valence-electron chi connectivity index (χ3n) is 5.15. The summed E-state index contributed by atoms with van der Waals surface area (Å²) in [6.45, 7) is 9.53. The van der Waals surface area contributed by atoms with E-state index < -0.39 is 5.60 Å². The summed E-state index contributed by atoms with van der Waals surface area (Å²) in [7, 11) is 1.68. The summed E-state index contributed by atoms with van der Waals surface area (Å²) in [6.07, 6.45) is 1.93. The van der Waals surface area contributed by atoms with Crippen LogP contribution in [0.5, 0.6) is 5.75 Å². The first-order valence-electron chi connectivity index (χ1n) is 9.35. The zero-order valence-electron chi connectivity index (χ0n) is 16.4. The van der Waals surface area contributed by atoms with Crippen LogP contribution in [-0.2, 0) is 17.8 Å². The third-order valence-corrected chi connectivity index (χ3v) is 5.15. The van der Waals surface area contributed by atoms with Gasteiger partial charge < -0.3 is 15.2 Å². The summed E-state index contributed by atoms with van der Waals surface area (Å²) in [4.78, 5) is 16.9. The quantitative estimate of drug-likeness (QED) is 0.893. The van der Waals surface area contributed by atoms with E-state index in [1.165, 1.54) is 5.56 Å². The number of carbonyl (C=O) groups is 1. The fourth-order valence-corrected chi connectivity index (χ4v) is 3.68. The van der Waals surface area contributed by atoms with Gasteiger partial charge in [-0.05, 0) is 45.2 Å². The Labute approximate surface area is 156 Å². The molecule has 1 spiro atoms. The number of carbonyl (C=O) groups excluding carboxylic acids is 1. The average Bonchev–Trinajstić information content (AvgIpc) is 3.32. The molecule has 0 radical (unpaired) electrons. The molecule has 1 saturated heterocycles. The predicted octanol–water partition coefficient (Wildman–Crippen LogP) is 2.74. The van der Waals surface area contributed by atoms with Crippen molar-refractivity contribution in [3.05, 3.63) is 29.3 Å². The lowest BCUT2D eigenvalue weighted by Gasteiger charge is -2.42. The van der Waals surface area contributed by atoms with Crippen LogP contribution in [0.3, 0.4) is 0 Å². The molecule has 26 heavy (non-hydrogen) atoms. The average molecular weight is 361 g/mol. The highest BCUT2D eigenvalue weighted by Crippen LogP contribution is 2.45. The molecule has 2 N–H and O–H groups in total. The Kier molecular flexibility index (Phi) is 5.17. The van der Waals surface area contributed by atoms with E-state index in [1.54, 1.807) is 7.11 Å². The van der Waals surface area contributed by atoms with Gasteiger partial charge in [0.15, 0.2) is 0 Å². The van der Waals surface area contributed by atoms with Crippen LogP contribution in [0.15, 0.2) is 18.2 Å². The SMILES string of the molecule is COc1cc(CN2CCN(C(=O)OC(C)(C)C)C3(CC3)C2)ccc1CN. The molecule has 0 unspecified atom stereocenters. The molecule has 1 aliphatic carbocycles. The van der Waals surface area contributed by atoms with Gasteiger partial charge in [0, 0.05) is 38.3 Å². The lowest BCUT2D eigenvalue weighted by molar-refractivity contribution is -0.00808. The smallest absolute Gasteiger partial charge is 0.410 e.